The van der Waals surface area contributed by atoms with Gasteiger partial charge in [-0.25, -0.2) is 0 Å². The molecule has 0 saturated heterocycles. The largest absolute Gasteiger partial charge is 0.385 e. The number of hydrogen-bond donors (Lipinski definition) is 2. The minimum atomic E-state index is -0.000312. The standard InChI is InChI=1S/C15H24N2O3/c1-19-8-4-10-20-9-3-7-15(18)17-14-6-2-5-13(11-14)12-16/h2,5-6,11H,3-4,7-10,12,16H2,1H3,(H,17,18). The van der Waals surface area contributed by atoms with Gasteiger partial charge in [0.05, 0.1) is 0 Å². The number of amides is 1. The Hall–Kier alpha value is -1.43. The molecule has 112 valence electrons. The predicted molar refractivity (Wildman–Crippen MR) is 79.5 cm³/mol. The second-order valence-electron chi connectivity index (χ2n) is 4.51. The Morgan fingerprint density at radius 1 is 1.25 bits per heavy atom. The van der Waals surface area contributed by atoms with Crippen LogP contribution in [-0.4, -0.2) is 32.8 Å². The summed E-state index contributed by atoms with van der Waals surface area (Å²) in [5.41, 5.74) is 7.35. The maximum atomic E-state index is 11.7. The molecule has 0 aromatic heterocycles. The van der Waals surface area contributed by atoms with E-state index >= 15 is 0 Å². The maximum Gasteiger partial charge on any atom is 0.224 e. The molecular formula is C15H24N2O3. The lowest BCUT2D eigenvalue weighted by Crippen LogP contribution is -2.13. The topological polar surface area (TPSA) is 73.6 Å². The zero-order chi connectivity index (χ0) is 14.6. The summed E-state index contributed by atoms with van der Waals surface area (Å²) < 4.78 is 10.3. The van der Waals surface area contributed by atoms with Crippen LogP contribution in [-0.2, 0) is 20.8 Å². The molecule has 0 unspecified atom stereocenters. The average molecular weight is 280 g/mol. The second kappa shape index (κ2) is 10.4. The van der Waals surface area contributed by atoms with Gasteiger partial charge in [-0.05, 0) is 30.5 Å². The number of hydrogen-bond acceptors (Lipinski definition) is 4. The zero-order valence-corrected chi connectivity index (χ0v) is 12.1. The highest BCUT2D eigenvalue weighted by atomic mass is 16.5. The monoisotopic (exact) mass is 280 g/mol. The van der Waals surface area contributed by atoms with E-state index < -0.39 is 0 Å². The zero-order valence-electron chi connectivity index (χ0n) is 12.1. The van der Waals surface area contributed by atoms with Crippen molar-refractivity contribution in [1.82, 2.24) is 0 Å². The summed E-state index contributed by atoms with van der Waals surface area (Å²) in [6.45, 7) is 2.45. The first kappa shape index (κ1) is 16.6. The van der Waals surface area contributed by atoms with Gasteiger partial charge in [-0.3, -0.25) is 4.79 Å². The first-order chi connectivity index (χ1) is 9.76. The Morgan fingerprint density at radius 2 is 2.05 bits per heavy atom. The van der Waals surface area contributed by atoms with Crippen molar-refractivity contribution in [3.63, 3.8) is 0 Å². The van der Waals surface area contributed by atoms with Crippen LogP contribution in [0.5, 0.6) is 0 Å². The number of benzene rings is 1. The molecule has 3 N–H and O–H groups in total. The Morgan fingerprint density at radius 3 is 2.80 bits per heavy atom. The van der Waals surface area contributed by atoms with Gasteiger partial charge in [0.1, 0.15) is 0 Å². The van der Waals surface area contributed by atoms with Crippen LogP contribution in [0.2, 0.25) is 0 Å². The molecule has 20 heavy (non-hydrogen) atoms. The molecule has 0 radical (unpaired) electrons. The lowest BCUT2D eigenvalue weighted by atomic mass is 10.2. The van der Waals surface area contributed by atoms with Crippen molar-refractivity contribution < 1.29 is 14.3 Å². The molecule has 0 aliphatic heterocycles. The van der Waals surface area contributed by atoms with Gasteiger partial charge in [0.25, 0.3) is 0 Å². The molecule has 1 amide bonds. The first-order valence-corrected chi connectivity index (χ1v) is 6.92. The molecule has 0 saturated carbocycles. The SMILES string of the molecule is COCCCOCCCC(=O)Nc1cccc(CN)c1. The van der Waals surface area contributed by atoms with Crippen LogP contribution in [0.25, 0.3) is 0 Å². The van der Waals surface area contributed by atoms with E-state index in [0.717, 1.165) is 24.1 Å². The van der Waals surface area contributed by atoms with Crippen molar-refractivity contribution >= 4 is 11.6 Å². The van der Waals surface area contributed by atoms with Gasteiger partial charge in [0.2, 0.25) is 5.91 Å². The van der Waals surface area contributed by atoms with Gasteiger partial charge < -0.3 is 20.5 Å². The van der Waals surface area contributed by atoms with Crippen molar-refractivity contribution in [2.24, 2.45) is 5.73 Å². The summed E-state index contributed by atoms with van der Waals surface area (Å²) in [6, 6.07) is 7.57. The van der Waals surface area contributed by atoms with Crippen LogP contribution in [0, 0.1) is 0 Å². The Labute approximate surface area is 120 Å². The van der Waals surface area contributed by atoms with Crippen molar-refractivity contribution in [3.05, 3.63) is 29.8 Å². The molecule has 0 aliphatic carbocycles. The van der Waals surface area contributed by atoms with Crippen LogP contribution in [0.15, 0.2) is 24.3 Å². The van der Waals surface area contributed by atoms with E-state index in [9.17, 15) is 4.79 Å². The van der Waals surface area contributed by atoms with E-state index in [0.29, 0.717) is 32.8 Å². The number of anilines is 1. The smallest absolute Gasteiger partial charge is 0.224 e. The van der Waals surface area contributed by atoms with Gasteiger partial charge in [-0.2, -0.15) is 0 Å². The number of carbonyl (C=O) groups is 1. The maximum absolute atomic E-state index is 11.7. The number of ether oxygens (including phenoxy) is 2. The van der Waals surface area contributed by atoms with Gasteiger partial charge in [0, 0.05) is 45.6 Å². The second-order valence-corrected chi connectivity index (χ2v) is 4.51. The minimum absolute atomic E-state index is 0.000312. The van der Waals surface area contributed by atoms with Crippen molar-refractivity contribution in [2.75, 3.05) is 32.2 Å². The lowest BCUT2D eigenvalue weighted by molar-refractivity contribution is -0.116. The molecule has 0 heterocycles. The third kappa shape index (κ3) is 7.23. The highest BCUT2D eigenvalue weighted by Gasteiger charge is 2.02. The molecular weight excluding hydrogens is 256 g/mol. The van der Waals surface area contributed by atoms with Crippen molar-refractivity contribution in [2.45, 2.75) is 25.8 Å². The van der Waals surface area contributed by atoms with E-state index in [-0.39, 0.29) is 5.91 Å². The van der Waals surface area contributed by atoms with Crippen LogP contribution in [0.4, 0.5) is 5.69 Å². The van der Waals surface area contributed by atoms with Gasteiger partial charge in [0.15, 0.2) is 0 Å². The molecule has 1 aromatic rings. The molecule has 0 fully saturated rings. The lowest BCUT2D eigenvalue weighted by Gasteiger charge is -2.07. The molecule has 0 bridgehead atoms. The van der Waals surface area contributed by atoms with Crippen molar-refractivity contribution in [1.29, 1.82) is 0 Å². The van der Waals surface area contributed by atoms with Gasteiger partial charge in [-0.15, -0.1) is 0 Å². The van der Waals surface area contributed by atoms with E-state index in [1.807, 2.05) is 24.3 Å². The summed E-state index contributed by atoms with van der Waals surface area (Å²) in [7, 11) is 1.67. The number of nitrogens with two attached hydrogens (primary N) is 1. The number of nitrogens with one attached hydrogen (secondary N) is 1. The van der Waals surface area contributed by atoms with E-state index in [2.05, 4.69) is 5.32 Å². The Kier molecular flexibility index (Phi) is 8.62. The third-order valence-electron chi connectivity index (χ3n) is 2.78. The molecule has 0 spiro atoms. The molecule has 5 heteroatoms. The molecule has 1 aromatic carbocycles. The predicted octanol–water partition coefficient (Wildman–Crippen LogP) is 1.92. The number of carbonyl (C=O) groups excluding carboxylic acids is 1. The summed E-state index contributed by atoms with van der Waals surface area (Å²) in [5, 5.41) is 2.86. The van der Waals surface area contributed by atoms with Crippen LogP contribution >= 0.6 is 0 Å². The number of rotatable bonds is 10. The Bertz CT molecular complexity index is 396. The van der Waals surface area contributed by atoms with Crippen LogP contribution in [0.1, 0.15) is 24.8 Å². The fourth-order valence-electron chi connectivity index (χ4n) is 1.74. The highest BCUT2D eigenvalue weighted by molar-refractivity contribution is 5.90. The molecule has 0 atom stereocenters. The fourth-order valence-corrected chi connectivity index (χ4v) is 1.74. The minimum Gasteiger partial charge on any atom is -0.385 e. The van der Waals surface area contributed by atoms with Gasteiger partial charge >= 0.3 is 0 Å². The Balaban J connectivity index is 2.13. The van der Waals surface area contributed by atoms with E-state index in [4.69, 9.17) is 15.2 Å². The van der Waals surface area contributed by atoms with Crippen LogP contribution < -0.4 is 11.1 Å². The van der Waals surface area contributed by atoms with Gasteiger partial charge in [-0.1, -0.05) is 12.1 Å². The van der Waals surface area contributed by atoms with Crippen molar-refractivity contribution in [3.8, 4) is 0 Å². The fraction of sp³-hybridized carbons (Fsp3) is 0.533. The van der Waals surface area contributed by atoms with Crippen LogP contribution in [0.3, 0.4) is 0 Å². The molecule has 1 rings (SSSR count). The van der Waals surface area contributed by atoms with E-state index in [1.165, 1.54) is 0 Å². The quantitative estimate of drug-likeness (QED) is 0.642. The average Bonchev–Trinajstić information content (AvgIpc) is 2.46. The first-order valence-electron chi connectivity index (χ1n) is 6.92. The summed E-state index contributed by atoms with van der Waals surface area (Å²) in [6.07, 6.45) is 2.06. The normalized spacial score (nSPS) is 10.5. The third-order valence-corrected chi connectivity index (χ3v) is 2.78. The summed E-state index contributed by atoms with van der Waals surface area (Å²) in [4.78, 5) is 11.7. The number of methoxy groups -OCH3 is 1. The summed E-state index contributed by atoms with van der Waals surface area (Å²) >= 11 is 0. The highest BCUT2D eigenvalue weighted by Crippen LogP contribution is 2.10. The molecule has 5 nitrogen and oxygen atoms in total. The van der Waals surface area contributed by atoms with E-state index in [1.54, 1.807) is 7.11 Å². The molecule has 0 aliphatic rings. The summed E-state index contributed by atoms with van der Waals surface area (Å²) in [5.74, 6) is -0.000312.